The van der Waals surface area contributed by atoms with Crippen LogP contribution in [0, 0.1) is 5.82 Å². The molecule has 2 heterocycles. The second kappa shape index (κ2) is 8.74. The van der Waals surface area contributed by atoms with Crippen molar-refractivity contribution in [1.82, 2.24) is 4.90 Å². The first-order valence-corrected chi connectivity index (χ1v) is 10.3. The van der Waals surface area contributed by atoms with Gasteiger partial charge < -0.3 is 10.2 Å². The molecule has 0 aromatic heterocycles. The molecular weight excluding hydrogens is 353 g/mol. The Balaban J connectivity index is 1.25. The molecule has 0 aliphatic carbocycles. The smallest absolute Gasteiger partial charge is 0.162 e. The van der Waals surface area contributed by atoms with Crippen LogP contribution in [0.5, 0.6) is 0 Å². The van der Waals surface area contributed by atoms with Gasteiger partial charge >= 0.3 is 0 Å². The lowest BCUT2D eigenvalue weighted by Gasteiger charge is -2.38. The average molecular weight is 381 g/mol. The number of Topliss-reactive ketones (excluding diaryl/α,β-unsaturated/α-hetero) is 1. The monoisotopic (exact) mass is 381 g/mol. The first-order valence-electron chi connectivity index (χ1n) is 10.3. The van der Waals surface area contributed by atoms with Gasteiger partial charge in [0.05, 0.1) is 0 Å². The minimum Gasteiger partial charge on any atom is -0.385 e. The van der Waals surface area contributed by atoms with E-state index < -0.39 is 0 Å². The van der Waals surface area contributed by atoms with Gasteiger partial charge in [-0.2, -0.15) is 0 Å². The summed E-state index contributed by atoms with van der Waals surface area (Å²) in [6.45, 7) is 6.13. The van der Waals surface area contributed by atoms with E-state index in [2.05, 4.69) is 33.3 Å². The molecule has 0 unspecified atom stereocenters. The van der Waals surface area contributed by atoms with Crippen LogP contribution in [0.2, 0.25) is 0 Å². The maximum absolute atomic E-state index is 13.0. The van der Waals surface area contributed by atoms with Gasteiger partial charge in [0.25, 0.3) is 0 Å². The summed E-state index contributed by atoms with van der Waals surface area (Å²) in [5.41, 5.74) is 4.75. The lowest BCUT2D eigenvalue weighted by molar-refractivity contribution is 0.0974. The van der Waals surface area contributed by atoms with Crippen LogP contribution in [0.4, 0.5) is 15.8 Å². The molecule has 0 saturated carbocycles. The maximum atomic E-state index is 13.0. The second-order valence-corrected chi connectivity index (χ2v) is 7.70. The summed E-state index contributed by atoms with van der Waals surface area (Å²) >= 11 is 0. The van der Waals surface area contributed by atoms with E-state index >= 15 is 0 Å². The van der Waals surface area contributed by atoms with Crippen molar-refractivity contribution in [1.29, 1.82) is 0 Å². The predicted molar refractivity (Wildman–Crippen MR) is 112 cm³/mol. The standard InChI is InChI=1S/C23H28FN3O/c24-19-10-8-18(9-11-19)23(28)7-3-13-26-14-16-27(17-15-26)22-6-1-5-21-20(22)4-2-12-25-21/h1,5-6,8-11,25H,2-4,7,12-17H2. The molecule has 4 nitrogen and oxygen atoms in total. The van der Waals surface area contributed by atoms with Crippen LogP contribution in [-0.4, -0.2) is 50.0 Å². The molecule has 4 rings (SSSR count). The topological polar surface area (TPSA) is 35.6 Å². The fourth-order valence-corrected chi connectivity index (χ4v) is 4.24. The average Bonchev–Trinajstić information content (AvgIpc) is 2.74. The number of benzene rings is 2. The van der Waals surface area contributed by atoms with E-state index in [4.69, 9.17) is 0 Å². The summed E-state index contributed by atoms with van der Waals surface area (Å²) in [5, 5.41) is 3.52. The van der Waals surface area contributed by atoms with Crippen LogP contribution in [0.15, 0.2) is 42.5 Å². The van der Waals surface area contributed by atoms with Crippen LogP contribution in [0.25, 0.3) is 0 Å². The van der Waals surface area contributed by atoms with Gasteiger partial charge in [-0.3, -0.25) is 9.69 Å². The van der Waals surface area contributed by atoms with Crippen molar-refractivity contribution in [3.63, 3.8) is 0 Å². The lowest BCUT2D eigenvalue weighted by atomic mass is 10.00. The van der Waals surface area contributed by atoms with E-state index in [1.165, 1.54) is 35.5 Å². The summed E-state index contributed by atoms with van der Waals surface area (Å²) < 4.78 is 13.0. The Bertz CT molecular complexity index is 813. The predicted octanol–water partition coefficient (Wildman–Crippen LogP) is 3.97. The van der Waals surface area contributed by atoms with Crippen molar-refractivity contribution in [2.24, 2.45) is 0 Å². The number of hydrogen-bond donors (Lipinski definition) is 1. The number of carbonyl (C=O) groups is 1. The number of nitrogens with one attached hydrogen (secondary N) is 1. The number of nitrogens with zero attached hydrogens (tertiary/aromatic N) is 2. The fraction of sp³-hybridized carbons (Fsp3) is 0.435. The van der Waals surface area contributed by atoms with Crippen molar-refractivity contribution in [3.8, 4) is 0 Å². The Labute approximate surface area is 166 Å². The molecule has 1 fully saturated rings. The Hall–Kier alpha value is -2.40. The summed E-state index contributed by atoms with van der Waals surface area (Å²) in [6, 6.07) is 12.4. The van der Waals surface area contributed by atoms with Crippen molar-refractivity contribution in [2.45, 2.75) is 25.7 Å². The molecule has 2 aromatic carbocycles. The van der Waals surface area contributed by atoms with E-state index in [0.29, 0.717) is 12.0 Å². The van der Waals surface area contributed by atoms with E-state index in [9.17, 15) is 9.18 Å². The Morgan fingerprint density at radius 1 is 1.04 bits per heavy atom. The lowest BCUT2D eigenvalue weighted by Crippen LogP contribution is -2.47. The van der Waals surface area contributed by atoms with Crippen molar-refractivity contribution >= 4 is 17.2 Å². The minimum atomic E-state index is -0.301. The van der Waals surface area contributed by atoms with Gasteiger partial charge in [0.1, 0.15) is 5.82 Å². The summed E-state index contributed by atoms with van der Waals surface area (Å²) in [5.74, 6) is -0.202. The highest BCUT2D eigenvalue weighted by atomic mass is 19.1. The Kier molecular flexibility index (Phi) is 5.91. The first kappa shape index (κ1) is 18.9. The number of fused-ring (bicyclic) bond motifs is 1. The summed E-state index contributed by atoms with van der Waals surface area (Å²) in [6.07, 6.45) is 3.72. The van der Waals surface area contributed by atoms with E-state index in [1.54, 1.807) is 12.1 Å². The third-order valence-corrected chi connectivity index (χ3v) is 5.83. The zero-order valence-corrected chi connectivity index (χ0v) is 16.3. The van der Waals surface area contributed by atoms with Gasteiger partial charge in [0, 0.05) is 56.1 Å². The number of halogens is 1. The van der Waals surface area contributed by atoms with E-state index in [0.717, 1.165) is 52.1 Å². The molecule has 0 atom stereocenters. The molecule has 2 aliphatic heterocycles. The number of rotatable bonds is 6. The Morgan fingerprint density at radius 3 is 2.61 bits per heavy atom. The first-order chi connectivity index (χ1) is 13.7. The molecule has 28 heavy (non-hydrogen) atoms. The summed E-state index contributed by atoms with van der Waals surface area (Å²) in [7, 11) is 0. The zero-order chi connectivity index (χ0) is 19.3. The van der Waals surface area contributed by atoms with Crippen molar-refractivity contribution in [2.75, 3.05) is 49.5 Å². The zero-order valence-electron chi connectivity index (χ0n) is 16.3. The normalized spacial score (nSPS) is 17.1. The molecule has 0 amide bonds. The summed E-state index contributed by atoms with van der Waals surface area (Å²) in [4.78, 5) is 17.2. The second-order valence-electron chi connectivity index (χ2n) is 7.70. The number of piperazine rings is 1. The van der Waals surface area contributed by atoms with Gasteiger partial charge in [-0.15, -0.1) is 0 Å². The third-order valence-electron chi connectivity index (χ3n) is 5.83. The van der Waals surface area contributed by atoms with Crippen LogP contribution in [-0.2, 0) is 6.42 Å². The van der Waals surface area contributed by atoms with Crippen LogP contribution >= 0.6 is 0 Å². The van der Waals surface area contributed by atoms with E-state index in [1.807, 2.05) is 0 Å². The third kappa shape index (κ3) is 4.36. The van der Waals surface area contributed by atoms with Crippen LogP contribution < -0.4 is 10.2 Å². The minimum absolute atomic E-state index is 0.0991. The number of anilines is 2. The number of hydrogen-bond acceptors (Lipinski definition) is 4. The molecule has 0 spiro atoms. The molecule has 1 N–H and O–H groups in total. The van der Waals surface area contributed by atoms with Gasteiger partial charge in [-0.25, -0.2) is 4.39 Å². The molecule has 2 aliphatic rings. The quantitative estimate of drug-likeness (QED) is 0.768. The Morgan fingerprint density at radius 2 is 1.82 bits per heavy atom. The molecule has 148 valence electrons. The van der Waals surface area contributed by atoms with Gasteiger partial charge in [0.15, 0.2) is 5.78 Å². The maximum Gasteiger partial charge on any atom is 0.162 e. The number of ketones is 1. The molecule has 1 saturated heterocycles. The van der Waals surface area contributed by atoms with Crippen LogP contribution in [0.3, 0.4) is 0 Å². The molecule has 2 aromatic rings. The SMILES string of the molecule is O=C(CCCN1CCN(c2cccc3c2CCCN3)CC1)c1ccc(F)cc1. The van der Waals surface area contributed by atoms with Gasteiger partial charge in [0.2, 0.25) is 0 Å². The molecule has 0 radical (unpaired) electrons. The highest BCUT2D eigenvalue weighted by molar-refractivity contribution is 5.95. The molecule has 5 heteroatoms. The van der Waals surface area contributed by atoms with Crippen LogP contribution in [0.1, 0.15) is 35.2 Å². The number of carbonyl (C=O) groups excluding carboxylic acids is 1. The highest BCUT2D eigenvalue weighted by Gasteiger charge is 2.21. The molecular formula is C23H28FN3O. The highest BCUT2D eigenvalue weighted by Crippen LogP contribution is 2.32. The molecule has 0 bridgehead atoms. The van der Waals surface area contributed by atoms with E-state index in [-0.39, 0.29) is 11.6 Å². The largest absolute Gasteiger partial charge is 0.385 e. The van der Waals surface area contributed by atoms with Gasteiger partial charge in [-0.1, -0.05) is 6.07 Å². The van der Waals surface area contributed by atoms with Gasteiger partial charge in [-0.05, 0) is 67.8 Å². The van der Waals surface area contributed by atoms with Crippen molar-refractivity contribution < 1.29 is 9.18 Å². The fourth-order valence-electron chi connectivity index (χ4n) is 4.24. The van der Waals surface area contributed by atoms with Crippen molar-refractivity contribution in [3.05, 3.63) is 59.4 Å².